The summed E-state index contributed by atoms with van der Waals surface area (Å²) in [6, 6.07) is 6.04. The van der Waals surface area contributed by atoms with Crippen LogP contribution in [0.2, 0.25) is 0 Å². The van der Waals surface area contributed by atoms with E-state index in [0.29, 0.717) is 29.1 Å². The molecule has 2 aromatic rings. The van der Waals surface area contributed by atoms with Crippen LogP contribution in [0.1, 0.15) is 46.0 Å². The van der Waals surface area contributed by atoms with Crippen molar-refractivity contribution in [2.45, 2.75) is 33.3 Å². The number of nitrogens with two attached hydrogens (primary N) is 1. The Morgan fingerprint density at radius 2 is 1.92 bits per heavy atom. The van der Waals surface area contributed by atoms with Gasteiger partial charge in [-0.3, -0.25) is 9.59 Å². The summed E-state index contributed by atoms with van der Waals surface area (Å²) in [7, 11) is 0. The number of ether oxygens (including phenoxy) is 1. The van der Waals surface area contributed by atoms with Crippen LogP contribution in [0.3, 0.4) is 0 Å². The highest BCUT2D eigenvalue weighted by atomic mass is 16.5. The molecule has 0 fully saturated rings. The third kappa shape index (κ3) is 4.23. The van der Waals surface area contributed by atoms with Crippen LogP contribution in [0.4, 0.5) is 5.69 Å². The number of benzene rings is 1. The molecule has 0 unspecified atom stereocenters. The molecule has 1 aromatic heterocycles. The summed E-state index contributed by atoms with van der Waals surface area (Å²) in [5.74, 6) is -1.39. The van der Waals surface area contributed by atoms with Crippen LogP contribution in [0.5, 0.6) is 0 Å². The predicted molar refractivity (Wildman–Crippen MR) is 89.1 cm³/mol. The second-order valence-electron chi connectivity index (χ2n) is 5.39. The molecule has 2 amide bonds. The maximum absolute atomic E-state index is 12.2. The van der Waals surface area contributed by atoms with E-state index in [1.807, 2.05) is 6.92 Å². The van der Waals surface area contributed by atoms with Crippen LogP contribution in [0.25, 0.3) is 0 Å². The number of carbonyl (C=O) groups is 3. The standard InChI is InChI=1S/C17H19N3O5/c1-4-13-14(9(2)25-20-13)17(23)24-10(3)16(22)19-12-7-5-11(6-8-12)15(18)21/h5-8,10H,4H2,1-3H3,(H2,18,21)(H,19,22)/t10-/m0/s1. The molecule has 8 heteroatoms. The van der Waals surface area contributed by atoms with E-state index in [1.54, 1.807) is 6.92 Å². The molecule has 0 bridgehead atoms. The number of nitrogens with one attached hydrogen (secondary N) is 1. The molecule has 1 aromatic carbocycles. The second-order valence-corrected chi connectivity index (χ2v) is 5.39. The third-order valence-corrected chi connectivity index (χ3v) is 3.56. The number of aromatic nitrogens is 1. The van der Waals surface area contributed by atoms with E-state index in [-0.39, 0.29) is 5.56 Å². The van der Waals surface area contributed by atoms with Crippen LogP contribution in [0, 0.1) is 6.92 Å². The van der Waals surface area contributed by atoms with Crippen LogP contribution in [-0.2, 0) is 16.0 Å². The van der Waals surface area contributed by atoms with Crippen LogP contribution in [-0.4, -0.2) is 29.0 Å². The summed E-state index contributed by atoms with van der Waals surface area (Å²) in [6.07, 6.45) is -0.517. The highest BCUT2D eigenvalue weighted by Gasteiger charge is 2.25. The topological polar surface area (TPSA) is 125 Å². The van der Waals surface area contributed by atoms with Crippen molar-refractivity contribution in [2.24, 2.45) is 5.73 Å². The molecule has 8 nitrogen and oxygen atoms in total. The highest BCUT2D eigenvalue weighted by molar-refractivity contribution is 5.98. The van der Waals surface area contributed by atoms with Crippen molar-refractivity contribution >= 4 is 23.5 Å². The van der Waals surface area contributed by atoms with E-state index in [2.05, 4.69) is 10.5 Å². The number of esters is 1. The van der Waals surface area contributed by atoms with Gasteiger partial charge in [-0.2, -0.15) is 0 Å². The fraction of sp³-hybridized carbons (Fsp3) is 0.294. The molecule has 0 saturated heterocycles. The number of primary amides is 1. The number of carbonyl (C=O) groups excluding carboxylic acids is 3. The monoisotopic (exact) mass is 345 g/mol. The van der Waals surface area contributed by atoms with Gasteiger partial charge >= 0.3 is 5.97 Å². The Morgan fingerprint density at radius 1 is 1.28 bits per heavy atom. The van der Waals surface area contributed by atoms with Gasteiger partial charge in [-0.15, -0.1) is 0 Å². The van der Waals surface area contributed by atoms with Crippen LogP contribution < -0.4 is 11.1 Å². The summed E-state index contributed by atoms with van der Waals surface area (Å²) in [6.45, 7) is 4.90. The minimum atomic E-state index is -1.03. The number of aryl methyl sites for hydroxylation is 2. The molecule has 0 spiro atoms. The zero-order valence-corrected chi connectivity index (χ0v) is 14.2. The first kappa shape index (κ1) is 18.2. The van der Waals surface area contributed by atoms with Crippen molar-refractivity contribution in [1.29, 1.82) is 0 Å². The van der Waals surface area contributed by atoms with Gasteiger partial charge in [-0.25, -0.2) is 4.79 Å². The predicted octanol–water partition coefficient (Wildman–Crippen LogP) is 1.83. The van der Waals surface area contributed by atoms with E-state index in [0.717, 1.165) is 0 Å². The lowest BCUT2D eigenvalue weighted by Gasteiger charge is -2.13. The fourth-order valence-corrected chi connectivity index (χ4v) is 2.16. The fourth-order valence-electron chi connectivity index (χ4n) is 2.16. The molecule has 0 saturated carbocycles. The zero-order valence-electron chi connectivity index (χ0n) is 14.2. The largest absolute Gasteiger partial charge is 0.449 e. The molecule has 0 radical (unpaired) electrons. The molecule has 0 aliphatic heterocycles. The zero-order chi connectivity index (χ0) is 18.6. The first-order valence-electron chi connectivity index (χ1n) is 7.70. The molecule has 0 aliphatic carbocycles. The van der Waals surface area contributed by atoms with Crippen LogP contribution in [0.15, 0.2) is 28.8 Å². The van der Waals surface area contributed by atoms with Crippen molar-refractivity contribution in [1.82, 2.24) is 5.16 Å². The Kier molecular flexibility index (Phi) is 5.53. The van der Waals surface area contributed by atoms with Crippen molar-refractivity contribution < 1.29 is 23.6 Å². The van der Waals surface area contributed by atoms with Gasteiger partial charge in [0, 0.05) is 11.3 Å². The van der Waals surface area contributed by atoms with Gasteiger partial charge < -0.3 is 20.3 Å². The van der Waals surface area contributed by atoms with Crippen molar-refractivity contribution in [3.05, 3.63) is 46.8 Å². The smallest absolute Gasteiger partial charge is 0.344 e. The van der Waals surface area contributed by atoms with Crippen LogP contribution >= 0.6 is 0 Å². The summed E-state index contributed by atoms with van der Waals surface area (Å²) < 4.78 is 10.2. The molecular formula is C17H19N3O5. The maximum atomic E-state index is 12.2. The quantitative estimate of drug-likeness (QED) is 0.770. The number of nitrogens with zero attached hydrogens (tertiary/aromatic N) is 1. The average Bonchev–Trinajstić information content (AvgIpc) is 2.96. The van der Waals surface area contributed by atoms with Gasteiger partial charge in [0.1, 0.15) is 11.3 Å². The molecule has 0 aliphatic rings. The van der Waals surface area contributed by atoms with Gasteiger partial charge in [0.15, 0.2) is 6.10 Å². The number of hydrogen-bond donors (Lipinski definition) is 2. The van der Waals surface area contributed by atoms with Gasteiger partial charge in [-0.1, -0.05) is 12.1 Å². The lowest BCUT2D eigenvalue weighted by atomic mass is 10.1. The molecule has 2 rings (SSSR count). The maximum Gasteiger partial charge on any atom is 0.344 e. The summed E-state index contributed by atoms with van der Waals surface area (Å²) in [5, 5.41) is 6.38. The summed E-state index contributed by atoms with van der Waals surface area (Å²) in [4.78, 5) is 35.4. The van der Waals surface area contributed by atoms with Gasteiger partial charge in [0.2, 0.25) is 5.91 Å². The Bertz CT molecular complexity index is 795. The van der Waals surface area contributed by atoms with E-state index < -0.39 is 23.9 Å². The Hall–Kier alpha value is -3.16. The van der Waals surface area contributed by atoms with E-state index in [4.69, 9.17) is 15.0 Å². The third-order valence-electron chi connectivity index (χ3n) is 3.56. The number of rotatable bonds is 6. The lowest BCUT2D eigenvalue weighted by Crippen LogP contribution is -2.30. The molecule has 3 N–H and O–H groups in total. The van der Waals surface area contributed by atoms with Gasteiger partial charge in [0.25, 0.3) is 5.91 Å². The first-order valence-corrected chi connectivity index (χ1v) is 7.70. The first-order chi connectivity index (χ1) is 11.8. The van der Waals surface area contributed by atoms with Gasteiger partial charge in [-0.05, 0) is 44.5 Å². The molecular weight excluding hydrogens is 326 g/mol. The lowest BCUT2D eigenvalue weighted by molar-refractivity contribution is -0.123. The SMILES string of the molecule is CCc1noc(C)c1C(=O)O[C@@H](C)C(=O)Nc1ccc(C(N)=O)cc1. The second kappa shape index (κ2) is 7.61. The van der Waals surface area contributed by atoms with E-state index in [9.17, 15) is 14.4 Å². The number of amides is 2. The molecule has 1 heterocycles. The number of hydrogen-bond acceptors (Lipinski definition) is 6. The molecule has 1 atom stereocenters. The molecule has 132 valence electrons. The minimum absolute atomic E-state index is 0.243. The summed E-state index contributed by atoms with van der Waals surface area (Å²) in [5.41, 5.74) is 6.66. The van der Waals surface area contributed by atoms with Crippen molar-refractivity contribution in [3.63, 3.8) is 0 Å². The van der Waals surface area contributed by atoms with Crippen molar-refractivity contribution in [3.8, 4) is 0 Å². The normalized spacial score (nSPS) is 11.6. The van der Waals surface area contributed by atoms with E-state index >= 15 is 0 Å². The van der Waals surface area contributed by atoms with Crippen molar-refractivity contribution in [2.75, 3.05) is 5.32 Å². The van der Waals surface area contributed by atoms with E-state index in [1.165, 1.54) is 31.2 Å². The minimum Gasteiger partial charge on any atom is -0.449 e. The average molecular weight is 345 g/mol. The molecule has 25 heavy (non-hydrogen) atoms. The van der Waals surface area contributed by atoms with Gasteiger partial charge in [0.05, 0.1) is 5.69 Å². The summed E-state index contributed by atoms with van der Waals surface area (Å²) >= 11 is 0. The number of anilines is 1. The Labute approximate surface area is 144 Å². The Morgan fingerprint density at radius 3 is 2.48 bits per heavy atom. The Balaban J connectivity index is 2.01. The highest BCUT2D eigenvalue weighted by Crippen LogP contribution is 2.17.